The summed E-state index contributed by atoms with van der Waals surface area (Å²) >= 11 is 0. The Hall–Kier alpha value is -3.39. The molecule has 0 aromatic heterocycles. The lowest BCUT2D eigenvalue weighted by Crippen LogP contribution is -2.38. The van der Waals surface area contributed by atoms with E-state index < -0.39 is 23.5 Å². The molecule has 1 aliphatic heterocycles. The lowest BCUT2D eigenvalue weighted by molar-refractivity contribution is -0.140. The lowest BCUT2D eigenvalue weighted by atomic mass is 9.95. The molecule has 33 heavy (non-hydrogen) atoms. The smallest absolute Gasteiger partial charge is 0.295 e. The van der Waals surface area contributed by atoms with Crippen molar-refractivity contribution >= 4 is 17.4 Å². The highest BCUT2D eigenvalue weighted by atomic mass is 19.1. The third-order valence-electron chi connectivity index (χ3n) is 5.93. The second-order valence-electron chi connectivity index (χ2n) is 7.64. The summed E-state index contributed by atoms with van der Waals surface area (Å²) in [6.45, 7) is 6.52. The van der Waals surface area contributed by atoms with Crippen LogP contribution >= 0.6 is 0 Å². The summed E-state index contributed by atoms with van der Waals surface area (Å²) in [5, 5.41) is 11.0. The Morgan fingerprint density at radius 2 is 1.67 bits per heavy atom. The predicted octanol–water partition coefficient (Wildman–Crippen LogP) is 3.61. The highest BCUT2D eigenvalue weighted by Crippen LogP contribution is 2.41. The number of Topliss-reactive ketones (excluding diaryl/α,β-unsaturated/α-hetero) is 1. The zero-order valence-electron chi connectivity index (χ0n) is 19.3. The molecule has 176 valence electrons. The number of halogens is 1. The lowest BCUT2D eigenvalue weighted by Gasteiger charge is -2.28. The van der Waals surface area contributed by atoms with Gasteiger partial charge in [0.1, 0.15) is 11.6 Å². The van der Waals surface area contributed by atoms with Crippen molar-refractivity contribution in [1.29, 1.82) is 0 Å². The molecule has 1 aliphatic rings. The van der Waals surface area contributed by atoms with Crippen LogP contribution in [-0.2, 0) is 9.59 Å². The number of benzene rings is 2. The molecule has 3 rings (SSSR count). The topological polar surface area (TPSA) is 79.3 Å². The number of carbonyl (C=O) groups is 2. The number of aliphatic hydroxyl groups excluding tert-OH is 1. The summed E-state index contributed by atoms with van der Waals surface area (Å²) in [7, 11) is 3.01. The first-order valence-electron chi connectivity index (χ1n) is 10.8. The van der Waals surface area contributed by atoms with Crippen molar-refractivity contribution in [2.45, 2.75) is 19.9 Å². The molecule has 0 aliphatic carbocycles. The maximum absolute atomic E-state index is 13.4. The van der Waals surface area contributed by atoms with Gasteiger partial charge in [-0.25, -0.2) is 4.39 Å². The maximum atomic E-state index is 13.4. The van der Waals surface area contributed by atoms with Crippen molar-refractivity contribution < 1.29 is 28.6 Å². The standard InChI is InChI=1S/C25H29FN2O5/c1-5-27(6-2)13-14-28-22(17-9-12-19(32-3)20(15-17)33-4)21(24(30)25(28)31)23(29)16-7-10-18(26)11-8-16/h7-12,15,22,29H,5-6,13-14H2,1-4H3/b23-21+/t22-/m1/s1. The summed E-state index contributed by atoms with van der Waals surface area (Å²) in [6, 6.07) is 9.42. The summed E-state index contributed by atoms with van der Waals surface area (Å²) in [5.41, 5.74) is 0.803. The molecule has 0 saturated carbocycles. The van der Waals surface area contributed by atoms with E-state index in [0.29, 0.717) is 30.2 Å². The molecule has 1 N–H and O–H groups in total. The van der Waals surface area contributed by atoms with Crippen LogP contribution in [0.1, 0.15) is 31.0 Å². The average molecular weight is 457 g/mol. The molecule has 0 bridgehead atoms. The summed E-state index contributed by atoms with van der Waals surface area (Å²) in [6.07, 6.45) is 0. The van der Waals surface area contributed by atoms with Gasteiger partial charge in [-0.3, -0.25) is 9.59 Å². The van der Waals surface area contributed by atoms with Crippen molar-refractivity contribution in [3.8, 4) is 11.5 Å². The van der Waals surface area contributed by atoms with Gasteiger partial charge >= 0.3 is 0 Å². The first kappa shape index (κ1) is 24.3. The van der Waals surface area contributed by atoms with Gasteiger partial charge in [0.05, 0.1) is 25.8 Å². The van der Waals surface area contributed by atoms with Crippen LogP contribution in [0.15, 0.2) is 48.0 Å². The molecule has 2 aromatic rings. The zero-order chi connectivity index (χ0) is 24.1. The van der Waals surface area contributed by atoms with E-state index >= 15 is 0 Å². The number of likely N-dealkylation sites (N-methyl/N-ethyl adjacent to an activating group) is 1. The molecule has 1 fully saturated rings. The van der Waals surface area contributed by atoms with Gasteiger partial charge in [-0.1, -0.05) is 19.9 Å². The van der Waals surface area contributed by atoms with Gasteiger partial charge in [-0.05, 0) is 55.1 Å². The molecule has 7 nitrogen and oxygen atoms in total. The van der Waals surface area contributed by atoms with E-state index in [-0.39, 0.29) is 16.9 Å². The normalized spacial score (nSPS) is 17.6. The molecule has 0 unspecified atom stereocenters. The fraction of sp³-hybridized carbons (Fsp3) is 0.360. The highest BCUT2D eigenvalue weighted by molar-refractivity contribution is 6.46. The van der Waals surface area contributed by atoms with Crippen LogP contribution in [0.2, 0.25) is 0 Å². The van der Waals surface area contributed by atoms with Gasteiger partial charge in [0.2, 0.25) is 0 Å². The van der Waals surface area contributed by atoms with E-state index in [2.05, 4.69) is 4.90 Å². The Labute approximate surface area is 193 Å². The number of aliphatic hydroxyl groups is 1. The molecule has 1 atom stereocenters. The number of likely N-dealkylation sites (tertiary alicyclic amines) is 1. The van der Waals surface area contributed by atoms with Gasteiger partial charge in [0.25, 0.3) is 11.7 Å². The Morgan fingerprint density at radius 1 is 1.03 bits per heavy atom. The van der Waals surface area contributed by atoms with E-state index in [1.54, 1.807) is 18.2 Å². The van der Waals surface area contributed by atoms with E-state index in [0.717, 1.165) is 13.1 Å². The van der Waals surface area contributed by atoms with Crippen molar-refractivity contribution in [1.82, 2.24) is 9.80 Å². The summed E-state index contributed by atoms with van der Waals surface area (Å²) in [5.74, 6) is -1.35. The second kappa shape index (κ2) is 10.5. The van der Waals surface area contributed by atoms with E-state index in [1.807, 2.05) is 13.8 Å². The number of ketones is 1. The molecule has 1 amide bonds. The van der Waals surface area contributed by atoms with Crippen LogP contribution in [0.25, 0.3) is 5.76 Å². The first-order chi connectivity index (χ1) is 15.9. The minimum absolute atomic E-state index is 0.0432. The average Bonchev–Trinajstić information content (AvgIpc) is 3.09. The van der Waals surface area contributed by atoms with Crippen molar-refractivity contribution in [3.05, 3.63) is 65.0 Å². The Morgan fingerprint density at radius 3 is 2.24 bits per heavy atom. The van der Waals surface area contributed by atoms with Crippen LogP contribution in [-0.4, -0.2) is 67.0 Å². The molecule has 8 heteroatoms. The van der Waals surface area contributed by atoms with Gasteiger partial charge in [0.15, 0.2) is 11.5 Å². The first-order valence-corrected chi connectivity index (χ1v) is 10.8. The number of amides is 1. The Kier molecular flexibility index (Phi) is 7.71. The van der Waals surface area contributed by atoms with Gasteiger partial charge in [-0.15, -0.1) is 0 Å². The quantitative estimate of drug-likeness (QED) is 0.353. The number of ether oxygens (including phenoxy) is 2. The highest BCUT2D eigenvalue weighted by Gasteiger charge is 2.46. The molecular formula is C25H29FN2O5. The van der Waals surface area contributed by atoms with E-state index in [9.17, 15) is 19.1 Å². The fourth-order valence-corrected chi connectivity index (χ4v) is 4.03. The second-order valence-corrected chi connectivity index (χ2v) is 7.64. The van der Waals surface area contributed by atoms with Gasteiger partial charge in [-0.2, -0.15) is 0 Å². The number of hydrogen-bond donors (Lipinski definition) is 1. The van der Waals surface area contributed by atoms with Crippen LogP contribution in [0.4, 0.5) is 4.39 Å². The number of hydrogen-bond acceptors (Lipinski definition) is 6. The van der Waals surface area contributed by atoms with Crippen LogP contribution < -0.4 is 9.47 Å². The summed E-state index contributed by atoms with van der Waals surface area (Å²) in [4.78, 5) is 29.8. The minimum Gasteiger partial charge on any atom is -0.507 e. The SMILES string of the molecule is CCN(CC)CCN1C(=O)C(=O)/C(=C(/O)c2ccc(F)cc2)[C@H]1c1ccc(OC)c(OC)c1. The largest absolute Gasteiger partial charge is 0.507 e. The number of carbonyl (C=O) groups excluding carboxylic acids is 2. The van der Waals surface area contributed by atoms with Crippen molar-refractivity contribution in [2.75, 3.05) is 40.4 Å². The molecule has 2 aromatic carbocycles. The van der Waals surface area contributed by atoms with Crippen LogP contribution in [0, 0.1) is 5.82 Å². The Bertz CT molecular complexity index is 1050. The van der Waals surface area contributed by atoms with Crippen molar-refractivity contribution in [2.24, 2.45) is 0 Å². The zero-order valence-corrected chi connectivity index (χ0v) is 19.3. The number of methoxy groups -OCH3 is 2. The minimum atomic E-state index is -0.828. The van der Waals surface area contributed by atoms with Crippen molar-refractivity contribution in [3.63, 3.8) is 0 Å². The Balaban J connectivity index is 2.14. The fourth-order valence-electron chi connectivity index (χ4n) is 4.03. The van der Waals surface area contributed by atoms with Crippen LogP contribution in [0.5, 0.6) is 11.5 Å². The maximum Gasteiger partial charge on any atom is 0.295 e. The number of nitrogens with zero attached hydrogens (tertiary/aromatic N) is 2. The van der Waals surface area contributed by atoms with Gasteiger partial charge < -0.3 is 24.4 Å². The third kappa shape index (κ3) is 4.85. The van der Waals surface area contributed by atoms with E-state index in [4.69, 9.17) is 9.47 Å². The third-order valence-corrected chi connectivity index (χ3v) is 5.93. The molecule has 1 heterocycles. The van der Waals surface area contributed by atoms with Crippen LogP contribution in [0.3, 0.4) is 0 Å². The number of rotatable bonds is 9. The molecule has 1 saturated heterocycles. The molecule has 0 radical (unpaired) electrons. The predicted molar refractivity (Wildman–Crippen MR) is 123 cm³/mol. The summed E-state index contributed by atoms with van der Waals surface area (Å²) < 4.78 is 24.1. The molecule has 0 spiro atoms. The van der Waals surface area contributed by atoms with Gasteiger partial charge in [0, 0.05) is 18.7 Å². The van der Waals surface area contributed by atoms with E-state index in [1.165, 1.54) is 43.4 Å². The molecular weight excluding hydrogens is 427 g/mol. The monoisotopic (exact) mass is 456 g/mol.